The number of dihydropyridines is 1. The maximum absolute atomic E-state index is 10.8. The van der Waals surface area contributed by atoms with Crippen LogP contribution in [0.1, 0.15) is 6.42 Å². The van der Waals surface area contributed by atoms with Crippen LogP contribution in [0, 0.1) is 6.54 Å². The van der Waals surface area contributed by atoms with Gasteiger partial charge in [-0.2, -0.15) is 0 Å². The summed E-state index contributed by atoms with van der Waals surface area (Å²) in [7, 11) is 0. The molecule has 0 aromatic carbocycles. The third-order valence-corrected chi connectivity index (χ3v) is 1.17. The van der Waals surface area contributed by atoms with Crippen LogP contribution in [0.5, 0.6) is 0 Å². The van der Waals surface area contributed by atoms with Crippen molar-refractivity contribution in [2.75, 3.05) is 0 Å². The van der Waals surface area contributed by atoms with Gasteiger partial charge in [-0.3, -0.25) is 9.79 Å². The fraction of sp³-hybridized carbons (Fsp3) is 0.125. The number of carbonyl (C=O) groups excluding carboxylic acids is 1. The van der Waals surface area contributed by atoms with Gasteiger partial charge in [-0.25, -0.2) is 0 Å². The first-order valence-corrected chi connectivity index (χ1v) is 2.98. The van der Waals surface area contributed by atoms with Crippen LogP contribution in [-0.2, 0) is 4.79 Å². The molecule has 0 N–H and O–H groups in total. The maximum Gasteiger partial charge on any atom is 0.194 e. The van der Waals surface area contributed by atoms with Gasteiger partial charge in [0, 0.05) is 11.8 Å². The van der Waals surface area contributed by atoms with Crippen molar-refractivity contribution in [1.82, 2.24) is 0 Å². The van der Waals surface area contributed by atoms with E-state index in [4.69, 9.17) is 0 Å². The van der Waals surface area contributed by atoms with Gasteiger partial charge in [-0.15, -0.1) is 6.58 Å². The molecule has 0 spiro atoms. The molecule has 1 rings (SSSR count). The molecule has 2 nitrogen and oxygen atoms in total. The Bertz CT molecular complexity index is 213. The van der Waals surface area contributed by atoms with Gasteiger partial charge in [0.2, 0.25) is 0 Å². The lowest BCUT2D eigenvalue weighted by Crippen LogP contribution is -2.05. The Morgan fingerprint density at radius 2 is 2.60 bits per heavy atom. The molecule has 0 aliphatic carbocycles. The predicted octanol–water partition coefficient (Wildman–Crippen LogP) is 1.18. The Morgan fingerprint density at radius 3 is 3.20 bits per heavy atom. The monoisotopic (exact) mass is 133 g/mol. The molecule has 0 fully saturated rings. The maximum atomic E-state index is 10.8. The molecular formula is C8H7NO. The number of Topliss-reactive ketones (excluding diaryl/α,β-unsaturated/α-hetero) is 1. The van der Waals surface area contributed by atoms with Crippen molar-refractivity contribution in [2.45, 2.75) is 6.42 Å². The molecule has 0 saturated carbocycles. The Morgan fingerprint density at radius 1 is 1.80 bits per heavy atom. The van der Waals surface area contributed by atoms with E-state index in [1.807, 2.05) is 0 Å². The topological polar surface area (TPSA) is 29.4 Å². The second-order valence-electron chi connectivity index (χ2n) is 1.90. The lowest BCUT2D eigenvalue weighted by Gasteiger charge is -2.01. The van der Waals surface area contributed by atoms with E-state index in [1.165, 1.54) is 0 Å². The fourth-order valence-corrected chi connectivity index (χ4v) is 0.687. The van der Waals surface area contributed by atoms with Crippen molar-refractivity contribution in [1.29, 1.82) is 0 Å². The van der Waals surface area contributed by atoms with Crippen LogP contribution in [0.2, 0.25) is 0 Å². The van der Waals surface area contributed by atoms with Crippen LogP contribution in [0.3, 0.4) is 0 Å². The minimum atomic E-state index is -0.137. The highest BCUT2D eigenvalue weighted by atomic mass is 16.1. The van der Waals surface area contributed by atoms with Crippen LogP contribution in [-0.4, -0.2) is 12.0 Å². The highest BCUT2D eigenvalue weighted by Crippen LogP contribution is 2.08. The summed E-state index contributed by atoms with van der Waals surface area (Å²) in [5.41, 5.74) is 0.699. The molecule has 0 aromatic rings. The summed E-state index contributed by atoms with van der Waals surface area (Å²) in [5.74, 6) is -0.137. The molecule has 2 radical (unpaired) electrons. The van der Waals surface area contributed by atoms with E-state index >= 15 is 0 Å². The van der Waals surface area contributed by atoms with Gasteiger partial charge in [0.15, 0.2) is 12.3 Å². The molecule has 0 bridgehead atoms. The van der Waals surface area contributed by atoms with Gasteiger partial charge >= 0.3 is 0 Å². The van der Waals surface area contributed by atoms with Gasteiger partial charge in [0.05, 0.1) is 0 Å². The highest BCUT2D eigenvalue weighted by molar-refractivity contribution is 6.07. The fourth-order valence-electron chi connectivity index (χ4n) is 0.687. The molecule has 0 aromatic heterocycles. The Balaban J connectivity index is 2.70. The van der Waals surface area contributed by atoms with Crippen molar-refractivity contribution < 1.29 is 4.79 Å². The number of allylic oxidation sites excluding steroid dienone is 2. The number of hydrogen-bond acceptors (Lipinski definition) is 2. The molecule has 1 heterocycles. The first-order valence-electron chi connectivity index (χ1n) is 2.98. The second kappa shape index (κ2) is 3.11. The number of carbonyl (C=O) groups is 1. The zero-order chi connectivity index (χ0) is 7.40. The first kappa shape index (κ1) is 6.93. The number of aliphatic imine (C=N–C) groups is 1. The van der Waals surface area contributed by atoms with Crippen LogP contribution in [0.15, 0.2) is 29.3 Å². The lowest BCUT2D eigenvalue weighted by atomic mass is 10.1. The van der Waals surface area contributed by atoms with E-state index < -0.39 is 0 Å². The van der Waals surface area contributed by atoms with Gasteiger partial charge in [-0.05, 0) is 12.5 Å². The number of ketones is 1. The third-order valence-electron chi connectivity index (χ3n) is 1.17. The van der Waals surface area contributed by atoms with Crippen LogP contribution >= 0.6 is 0 Å². The standard InChI is InChI=1S/C8H7NO/c1-2-3-7-4-5-9-6-8(7)10/h2,4-5H,1,3H2. The van der Waals surface area contributed by atoms with E-state index in [2.05, 4.69) is 18.1 Å². The van der Waals surface area contributed by atoms with Gasteiger partial charge < -0.3 is 0 Å². The van der Waals surface area contributed by atoms with Gasteiger partial charge in [0.1, 0.15) is 0 Å². The minimum absolute atomic E-state index is 0.137. The SMILES string of the molecule is C=CCC1=CC=N[C]C1=O. The zero-order valence-electron chi connectivity index (χ0n) is 5.50. The Labute approximate surface area is 60.0 Å². The second-order valence-corrected chi connectivity index (χ2v) is 1.90. The average molecular weight is 133 g/mol. The van der Waals surface area contributed by atoms with E-state index in [0.717, 1.165) is 0 Å². The van der Waals surface area contributed by atoms with E-state index in [1.54, 1.807) is 18.4 Å². The number of hydrogen-bond donors (Lipinski definition) is 0. The molecule has 50 valence electrons. The van der Waals surface area contributed by atoms with Crippen molar-refractivity contribution in [3.8, 4) is 0 Å². The van der Waals surface area contributed by atoms with Crippen LogP contribution in [0.4, 0.5) is 0 Å². The van der Waals surface area contributed by atoms with E-state index in [0.29, 0.717) is 12.0 Å². The van der Waals surface area contributed by atoms with Gasteiger partial charge in [-0.1, -0.05) is 6.08 Å². The zero-order valence-corrected chi connectivity index (χ0v) is 5.50. The average Bonchev–Trinajstić information content (AvgIpc) is 1.94. The molecule has 1 aliphatic rings. The summed E-state index contributed by atoms with van der Waals surface area (Å²) in [6.45, 7) is 5.86. The predicted molar refractivity (Wildman–Crippen MR) is 39.6 cm³/mol. The minimum Gasteiger partial charge on any atom is -0.292 e. The van der Waals surface area contributed by atoms with Crippen molar-refractivity contribution in [3.63, 3.8) is 0 Å². The quantitative estimate of drug-likeness (QED) is 0.520. The van der Waals surface area contributed by atoms with Crippen LogP contribution in [0.25, 0.3) is 0 Å². The molecule has 2 heteroatoms. The third kappa shape index (κ3) is 1.41. The summed E-state index contributed by atoms with van der Waals surface area (Å²) in [6.07, 6.45) is 5.52. The molecular weight excluding hydrogens is 126 g/mol. The highest BCUT2D eigenvalue weighted by Gasteiger charge is 2.09. The summed E-state index contributed by atoms with van der Waals surface area (Å²) >= 11 is 0. The van der Waals surface area contributed by atoms with Crippen molar-refractivity contribution in [2.24, 2.45) is 4.99 Å². The Hall–Kier alpha value is -1.18. The number of nitrogens with zero attached hydrogens (tertiary/aromatic N) is 1. The molecule has 0 amide bonds. The largest absolute Gasteiger partial charge is 0.292 e. The molecule has 0 saturated heterocycles. The van der Waals surface area contributed by atoms with E-state index in [9.17, 15) is 4.79 Å². The molecule has 10 heavy (non-hydrogen) atoms. The molecule has 1 aliphatic heterocycles. The summed E-state index contributed by atoms with van der Waals surface area (Å²) in [4.78, 5) is 14.4. The summed E-state index contributed by atoms with van der Waals surface area (Å²) in [6, 6.07) is 0. The first-order chi connectivity index (χ1) is 4.84. The van der Waals surface area contributed by atoms with E-state index in [-0.39, 0.29) is 5.78 Å². The summed E-state index contributed by atoms with van der Waals surface area (Å²) in [5, 5.41) is 0. The van der Waals surface area contributed by atoms with Crippen LogP contribution < -0.4 is 0 Å². The smallest absolute Gasteiger partial charge is 0.194 e. The lowest BCUT2D eigenvalue weighted by molar-refractivity contribution is -0.112. The molecule has 0 atom stereocenters. The summed E-state index contributed by atoms with van der Waals surface area (Å²) < 4.78 is 0. The van der Waals surface area contributed by atoms with Crippen molar-refractivity contribution >= 4 is 12.0 Å². The molecule has 0 unspecified atom stereocenters. The number of rotatable bonds is 2. The van der Waals surface area contributed by atoms with Gasteiger partial charge in [0.25, 0.3) is 0 Å². The Kier molecular flexibility index (Phi) is 2.15. The van der Waals surface area contributed by atoms with Crippen molar-refractivity contribution in [3.05, 3.63) is 30.8 Å². The normalized spacial score (nSPS) is 16.8.